The smallest absolute Gasteiger partial charge is 0.140 e. The summed E-state index contributed by atoms with van der Waals surface area (Å²) in [4.78, 5) is 4.68. The highest BCUT2D eigenvalue weighted by Crippen LogP contribution is 2.22. The van der Waals surface area contributed by atoms with E-state index in [4.69, 9.17) is 11.6 Å². The molecule has 1 aromatic carbocycles. The van der Waals surface area contributed by atoms with Gasteiger partial charge in [-0.15, -0.1) is 11.6 Å². The lowest BCUT2D eigenvalue weighted by Gasteiger charge is -2.10. The normalized spacial score (nSPS) is 12.5. The molecule has 1 unspecified atom stereocenters. The molecule has 4 nitrogen and oxygen atoms in total. The van der Waals surface area contributed by atoms with E-state index in [1.165, 1.54) is 0 Å². The minimum atomic E-state index is -0.539. The highest BCUT2D eigenvalue weighted by Gasteiger charge is 2.06. The van der Waals surface area contributed by atoms with Crippen molar-refractivity contribution in [2.45, 2.75) is 13.0 Å². The Hall–Kier alpha value is -2.04. The summed E-state index contributed by atoms with van der Waals surface area (Å²) in [6, 6.07) is 12.1. The van der Waals surface area contributed by atoms with Crippen LogP contribution in [0.25, 0.3) is 16.9 Å². The van der Waals surface area contributed by atoms with E-state index in [1.807, 2.05) is 47.1 Å². The van der Waals surface area contributed by atoms with Crippen LogP contribution in [0.4, 0.5) is 5.69 Å². The second-order valence-corrected chi connectivity index (χ2v) is 5.62. The molecule has 1 atom stereocenters. The number of aryl methyl sites for hydroxylation is 1. The molecule has 0 aliphatic heterocycles. The summed E-state index contributed by atoms with van der Waals surface area (Å²) in [6.45, 7) is 2.50. The Labute approximate surface area is 134 Å². The van der Waals surface area contributed by atoms with Crippen molar-refractivity contribution < 1.29 is 5.11 Å². The van der Waals surface area contributed by atoms with Gasteiger partial charge in [-0.3, -0.25) is 0 Å². The van der Waals surface area contributed by atoms with Gasteiger partial charge in [-0.2, -0.15) is 0 Å². The van der Waals surface area contributed by atoms with Crippen LogP contribution in [0.1, 0.15) is 5.56 Å². The van der Waals surface area contributed by atoms with Crippen molar-refractivity contribution in [2.24, 2.45) is 0 Å². The molecular formula is C17H18ClN3O. The Morgan fingerprint density at radius 3 is 2.73 bits per heavy atom. The Kier molecular flexibility index (Phi) is 4.32. The monoisotopic (exact) mass is 315 g/mol. The van der Waals surface area contributed by atoms with Gasteiger partial charge in [0, 0.05) is 30.2 Å². The van der Waals surface area contributed by atoms with E-state index >= 15 is 0 Å². The molecule has 0 saturated carbocycles. The van der Waals surface area contributed by atoms with E-state index in [0.717, 1.165) is 28.2 Å². The Balaban J connectivity index is 1.80. The predicted molar refractivity (Wildman–Crippen MR) is 90.6 cm³/mol. The number of aliphatic hydroxyl groups excluding tert-OH is 1. The number of halogens is 1. The minimum Gasteiger partial charge on any atom is -0.390 e. The molecular weight excluding hydrogens is 298 g/mol. The molecule has 22 heavy (non-hydrogen) atoms. The number of alkyl halides is 1. The molecule has 0 bridgehead atoms. The fraction of sp³-hybridized carbons (Fsp3) is 0.235. The number of anilines is 1. The number of nitrogens with one attached hydrogen (secondary N) is 1. The maximum Gasteiger partial charge on any atom is 0.140 e. The summed E-state index contributed by atoms with van der Waals surface area (Å²) in [5, 5.41) is 12.6. The lowest BCUT2D eigenvalue weighted by atomic mass is 10.1. The van der Waals surface area contributed by atoms with E-state index in [-0.39, 0.29) is 5.88 Å². The van der Waals surface area contributed by atoms with Crippen molar-refractivity contribution in [3.8, 4) is 11.3 Å². The van der Waals surface area contributed by atoms with Gasteiger partial charge < -0.3 is 14.8 Å². The first kappa shape index (κ1) is 14.9. The average molecular weight is 316 g/mol. The van der Waals surface area contributed by atoms with E-state index in [1.54, 1.807) is 0 Å². The van der Waals surface area contributed by atoms with Crippen LogP contribution in [-0.4, -0.2) is 33.0 Å². The molecule has 0 aliphatic rings. The van der Waals surface area contributed by atoms with Gasteiger partial charge in [0.1, 0.15) is 5.65 Å². The molecule has 2 N–H and O–H groups in total. The van der Waals surface area contributed by atoms with Gasteiger partial charge in [-0.05, 0) is 30.7 Å². The van der Waals surface area contributed by atoms with Crippen LogP contribution in [-0.2, 0) is 0 Å². The van der Waals surface area contributed by atoms with Gasteiger partial charge in [-0.25, -0.2) is 4.98 Å². The number of imidazole rings is 1. The number of aliphatic hydroxyl groups is 1. The van der Waals surface area contributed by atoms with Crippen molar-refractivity contribution in [2.75, 3.05) is 17.7 Å². The minimum absolute atomic E-state index is 0.228. The first-order valence-corrected chi connectivity index (χ1v) is 7.73. The average Bonchev–Trinajstić information content (AvgIpc) is 2.98. The summed E-state index contributed by atoms with van der Waals surface area (Å²) in [5.41, 5.74) is 5.09. The molecule has 0 fully saturated rings. The number of hydrogen-bond acceptors (Lipinski definition) is 3. The number of rotatable bonds is 5. The Morgan fingerprint density at radius 2 is 2.05 bits per heavy atom. The molecule has 3 rings (SSSR count). The second kappa shape index (κ2) is 6.38. The molecule has 0 radical (unpaired) electrons. The number of benzene rings is 1. The Bertz CT molecular complexity index is 767. The molecule has 2 heterocycles. The van der Waals surface area contributed by atoms with Crippen LogP contribution < -0.4 is 5.32 Å². The fourth-order valence-electron chi connectivity index (χ4n) is 2.34. The van der Waals surface area contributed by atoms with Crippen molar-refractivity contribution in [1.82, 2.24) is 9.38 Å². The molecule has 0 aliphatic carbocycles. The summed E-state index contributed by atoms with van der Waals surface area (Å²) < 4.78 is 2.04. The largest absolute Gasteiger partial charge is 0.390 e. The van der Waals surface area contributed by atoms with Gasteiger partial charge >= 0.3 is 0 Å². The van der Waals surface area contributed by atoms with E-state index in [0.29, 0.717) is 6.54 Å². The third-order valence-electron chi connectivity index (χ3n) is 3.58. The predicted octanol–water partition coefficient (Wildman–Crippen LogP) is 3.32. The topological polar surface area (TPSA) is 49.6 Å². The number of fused-ring (bicyclic) bond motifs is 1. The van der Waals surface area contributed by atoms with Gasteiger partial charge in [0.25, 0.3) is 0 Å². The van der Waals surface area contributed by atoms with Crippen molar-refractivity contribution >= 4 is 22.9 Å². The summed E-state index contributed by atoms with van der Waals surface area (Å²) in [5.74, 6) is 0.228. The first-order valence-electron chi connectivity index (χ1n) is 7.20. The Morgan fingerprint density at radius 1 is 1.27 bits per heavy atom. The first-order chi connectivity index (χ1) is 10.7. The van der Waals surface area contributed by atoms with E-state index in [2.05, 4.69) is 23.3 Å². The van der Waals surface area contributed by atoms with Crippen LogP contribution in [0.2, 0.25) is 0 Å². The lowest BCUT2D eigenvalue weighted by Crippen LogP contribution is -2.20. The van der Waals surface area contributed by atoms with Crippen LogP contribution >= 0.6 is 11.6 Å². The van der Waals surface area contributed by atoms with Gasteiger partial charge in [0.2, 0.25) is 0 Å². The molecule has 0 saturated heterocycles. The molecule has 114 valence electrons. The summed E-state index contributed by atoms with van der Waals surface area (Å²) >= 11 is 5.57. The number of nitrogens with zero attached hydrogens (tertiary/aromatic N) is 2. The standard InChI is InChI=1S/C17H18ClN3O/c1-12-3-2-8-21-11-16(20-17(12)21)13-4-6-14(7-5-13)19-10-15(22)9-18/h2-8,11,15,19,22H,9-10H2,1H3. The molecule has 5 heteroatoms. The summed E-state index contributed by atoms with van der Waals surface area (Å²) in [7, 11) is 0. The number of aromatic nitrogens is 2. The molecule has 2 aromatic heterocycles. The quantitative estimate of drug-likeness (QED) is 0.710. The number of hydrogen-bond donors (Lipinski definition) is 2. The van der Waals surface area contributed by atoms with E-state index < -0.39 is 6.10 Å². The molecule has 0 amide bonds. The third kappa shape index (κ3) is 3.08. The van der Waals surface area contributed by atoms with Crippen molar-refractivity contribution in [3.05, 3.63) is 54.4 Å². The highest BCUT2D eigenvalue weighted by molar-refractivity contribution is 6.18. The lowest BCUT2D eigenvalue weighted by molar-refractivity contribution is 0.211. The van der Waals surface area contributed by atoms with E-state index in [9.17, 15) is 5.11 Å². The zero-order chi connectivity index (χ0) is 15.5. The van der Waals surface area contributed by atoms with Crippen molar-refractivity contribution in [3.63, 3.8) is 0 Å². The van der Waals surface area contributed by atoms with Crippen LogP contribution in [0.3, 0.4) is 0 Å². The third-order valence-corrected chi connectivity index (χ3v) is 3.93. The zero-order valence-corrected chi connectivity index (χ0v) is 13.1. The van der Waals surface area contributed by atoms with Crippen LogP contribution in [0.15, 0.2) is 48.8 Å². The second-order valence-electron chi connectivity index (χ2n) is 5.31. The SMILES string of the molecule is Cc1cccn2cc(-c3ccc(NCC(O)CCl)cc3)nc12. The van der Waals surface area contributed by atoms with Gasteiger partial charge in [0.05, 0.1) is 17.7 Å². The van der Waals surface area contributed by atoms with Crippen LogP contribution in [0.5, 0.6) is 0 Å². The van der Waals surface area contributed by atoms with Gasteiger partial charge in [0.15, 0.2) is 0 Å². The van der Waals surface area contributed by atoms with Crippen molar-refractivity contribution in [1.29, 1.82) is 0 Å². The number of pyridine rings is 1. The summed E-state index contributed by atoms with van der Waals surface area (Å²) in [6.07, 6.45) is 3.49. The molecule has 3 aromatic rings. The highest BCUT2D eigenvalue weighted by atomic mass is 35.5. The fourth-order valence-corrected chi connectivity index (χ4v) is 2.45. The maximum atomic E-state index is 9.45. The van der Waals surface area contributed by atoms with Crippen LogP contribution in [0, 0.1) is 6.92 Å². The zero-order valence-electron chi connectivity index (χ0n) is 12.3. The van der Waals surface area contributed by atoms with Gasteiger partial charge in [-0.1, -0.05) is 18.2 Å². The maximum absolute atomic E-state index is 9.45. The molecule has 0 spiro atoms.